The topological polar surface area (TPSA) is 32.3 Å². The molecule has 0 aromatic heterocycles. The van der Waals surface area contributed by atoms with E-state index in [1.807, 2.05) is 0 Å². The summed E-state index contributed by atoms with van der Waals surface area (Å²) in [6.07, 6.45) is 1.08. The molecule has 0 aliphatic carbocycles. The van der Waals surface area contributed by atoms with Gasteiger partial charge in [-0.1, -0.05) is 0 Å². The molecule has 1 heterocycles. The highest BCUT2D eigenvalue weighted by Crippen LogP contribution is 2.14. The third kappa shape index (κ3) is 1.93. The van der Waals surface area contributed by atoms with Gasteiger partial charge in [0.1, 0.15) is 0 Å². The van der Waals surface area contributed by atoms with Gasteiger partial charge in [-0.25, -0.2) is 0 Å². The number of carbonyl (C=O) groups excluding carboxylic acids is 1. The largest absolute Gasteiger partial charge is 0.352 e. The van der Waals surface area contributed by atoms with E-state index in [9.17, 15) is 4.79 Å². The lowest BCUT2D eigenvalue weighted by Gasteiger charge is -2.20. The number of likely N-dealkylation sites (tertiary alicyclic amines) is 1. The number of amides is 1. The molecular weight excluding hydrogens is 140 g/mol. The van der Waals surface area contributed by atoms with E-state index in [2.05, 4.69) is 24.2 Å². The van der Waals surface area contributed by atoms with Crippen LogP contribution >= 0.6 is 0 Å². The summed E-state index contributed by atoms with van der Waals surface area (Å²) in [6, 6.07) is 0.844. The molecule has 0 aromatic rings. The number of likely N-dealkylation sites (N-methyl/N-ethyl adjacent to an activating group) is 1. The summed E-state index contributed by atoms with van der Waals surface area (Å²) in [5, 5.41) is 2.94. The second-order valence-corrected chi connectivity index (χ2v) is 3.32. The van der Waals surface area contributed by atoms with Crippen molar-refractivity contribution >= 4 is 5.91 Å². The molecule has 1 rings (SSSR count). The van der Waals surface area contributed by atoms with E-state index in [0.29, 0.717) is 12.1 Å². The van der Waals surface area contributed by atoms with E-state index >= 15 is 0 Å². The third-order valence-corrected chi connectivity index (χ3v) is 2.46. The Kier molecular flexibility index (Phi) is 2.49. The highest BCUT2D eigenvalue weighted by atomic mass is 16.1. The van der Waals surface area contributed by atoms with Crippen LogP contribution in [-0.2, 0) is 4.79 Å². The molecule has 2 atom stereocenters. The number of rotatable bonds is 1. The SMILES string of the molecule is CC(=O)NC1CCN(C)C1C. The lowest BCUT2D eigenvalue weighted by atomic mass is 10.1. The Morgan fingerprint density at radius 1 is 1.64 bits per heavy atom. The van der Waals surface area contributed by atoms with Crippen molar-refractivity contribution in [3.8, 4) is 0 Å². The van der Waals surface area contributed by atoms with Crippen LogP contribution in [0.15, 0.2) is 0 Å². The van der Waals surface area contributed by atoms with E-state index in [1.165, 1.54) is 0 Å². The second kappa shape index (κ2) is 3.22. The number of carbonyl (C=O) groups is 1. The van der Waals surface area contributed by atoms with Gasteiger partial charge in [0, 0.05) is 25.6 Å². The number of hydrogen-bond acceptors (Lipinski definition) is 2. The first-order chi connectivity index (χ1) is 5.11. The van der Waals surface area contributed by atoms with Crippen LogP contribution in [0.25, 0.3) is 0 Å². The van der Waals surface area contributed by atoms with Gasteiger partial charge in [-0.05, 0) is 20.4 Å². The molecular formula is C8H16N2O. The fraction of sp³-hybridized carbons (Fsp3) is 0.875. The molecule has 3 nitrogen and oxygen atoms in total. The van der Waals surface area contributed by atoms with Gasteiger partial charge in [-0.2, -0.15) is 0 Å². The molecule has 1 saturated heterocycles. The van der Waals surface area contributed by atoms with Crippen LogP contribution in [0, 0.1) is 0 Å². The smallest absolute Gasteiger partial charge is 0.217 e. The Balaban J connectivity index is 2.42. The minimum absolute atomic E-state index is 0.0807. The van der Waals surface area contributed by atoms with Crippen molar-refractivity contribution in [2.45, 2.75) is 32.4 Å². The molecule has 1 aliphatic heterocycles. The first-order valence-corrected chi connectivity index (χ1v) is 4.08. The molecule has 11 heavy (non-hydrogen) atoms. The molecule has 1 N–H and O–H groups in total. The zero-order valence-corrected chi connectivity index (χ0v) is 7.42. The lowest BCUT2D eigenvalue weighted by Crippen LogP contribution is -2.41. The second-order valence-electron chi connectivity index (χ2n) is 3.32. The number of hydrogen-bond donors (Lipinski definition) is 1. The van der Waals surface area contributed by atoms with Gasteiger partial charge >= 0.3 is 0 Å². The van der Waals surface area contributed by atoms with E-state index < -0.39 is 0 Å². The molecule has 2 unspecified atom stereocenters. The van der Waals surface area contributed by atoms with Crippen molar-refractivity contribution in [1.29, 1.82) is 0 Å². The number of nitrogens with zero attached hydrogens (tertiary/aromatic N) is 1. The van der Waals surface area contributed by atoms with Crippen molar-refractivity contribution in [3.63, 3.8) is 0 Å². The monoisotopic (exact) mass is 156 g/mol. The first kappa shape index (κ1) is 8.53. The molecule has 0 bridgehead atoms. The first-order valence-electron chi connectivity index (χ1n) is 4.08. The zero-order chi connectivity index (χ0) is 8.43. The van der Waals surface area contributed by atoms with Gasteiger partial charge in [-0.3, -0.25) is 4.79 Å². The number of nitrogens with one attached hydrogen (secondary N) is 1. The van der Waals surface area contributed by atoms with E-state index in [4.69, 9.17) is 0 Å². The Labute approximate surface area is 67.8 Å². The minimum atomic E-state index is 0.0807. The average Bonchev–Trinajstić information content (AvgIpc) is 2.18. The predicted octanol–water partition coefficient (Wildman–Crippen LogP) is 0.215. The van der Waals surface area contributed by atoms with E-state index in [1.54, 1.807) is 6.92 Å². The molecule has 0 radical (unpaired) electrons. The molecule has 0 aromatic carbocycles. The van der Waals surface area contributed by atoms with Crippen LogP contribution in [-0.4, -0.2) is 36.5 Å². The van der Waals surface area contributed by atoms with E-state index in [0.717, 1.165) is 13.0 Å². The highest BCUT2D eigenvalue weighted by molar-refractivity contribution is 5.73. The van der Waals surface area contributed by atoms with Gasteiger partial charge in [0.05, 0.1) is 0 Å². The summed E-state index contributed by atoms with van der Waals surface area (Å²) in [4.78, 5) is 13.0. The fourth-order valence-electron chi connectivity index (χ4n) is 1.55. The van der Waals surface area contributed by atoms with Crippen molar-refractivity contribution in [2.24, 2.45) is 0 Å². The van der Waals surface area contributed by atoms with Crippen molar-refractivity contribution in [1.82, 2.24) is 10.2 Å². The highest BCUT2D eigenvalue weighted by Gasteiger charge is 2.27. The van der Waals surface area contributed by atoms with Crippen LogP contribution in [0.2, 0.25) is 0 Å². The van der Waals surface area contributed by atoms with Crippen LogP contribution in [0.1, 0.15) is 20.3 Å². The standard InChI is InChI=1S/C8H16N2O/c1-6-8(9-7(2)11)4-5-10(6)3/h6,8H,4-5H2,1-3H3,(H,9,11). The molecule has 0 spiro atoms. The summed E-state index contributed by atoms with van der Waals surface area (Å²) < 4.78 is 0. The molecule has 0 saturated carbocycles. The summed E-state index contributed by atoms with van der Waals surface area (Å²) in [6.45, 7) is 4.81. The van der Waals surface area contributed by atoms with Gasteiger partial charge in [0.2, 0.25) is 5.91 Å². The van der Waals surface area contributed by atoms with Crippen molar-refractivity contribution in [3.05, 3.63) is 0 Å². The minimum Gasteiger partial charge on any atom is -0.352 e. The maximum Gasteiger partial charge on any atom is 0.217 e. The van der Waals surface area contributed by atoms with Gasteiger partial charge in [-0.15, -0.1) is 0 Å². The van der Waals surface area contributed by atoms with Crippen LogP contribution < -0.4 is 5.32 Å². The summed E-state index contributed by atoms with van der Waals surface area (Å²) in [5.41, 5.74) is 0. The summed E-state index contributed by atoms with van der Waals surface area (Å²) >= 11 is 0. The molecule has 1 fully saturated rings. The van der Waals surface area contributed by atoms with Crippen LogP contribution in [0.4, 0.5) is 0 Å². The Bertz CT molecular complexity index is 158. The summed E-state index contributed by atoms with van der Waals surface area (Å²) in [5.74, 6) is 0.0807. The Morgan fingerprint density at radius 2 is 2.27 bits per heavy atom. The van der Waals surface area contributed by atoms with Gasteiger partial charge < -0.3 is 10.2 Å². The quantitative estimate of drug-likeness (QED) is 0.589. The van der Waals surface area contributed by atoms with E-state index in [-0.39, 0.29) is 5.91 Å². The van der Waals surface area contributed by atoms with Crippen LogP contribution in [0.3, 0.4) is 0 Å². The van der Waals surface area contributed by atoms with Gasteiger partial charge in [0.25, 0.3) is 0 Å². The molecule has 1 aliphatic rings. The normalized spacial score (nSPS) is 32.3. The predicted molar refractivity (Wildman–Crippen MR) is 44.3 cm³/mol. The van der Waals surface area contributed by atoms with Crippen molar-refractivity contribution in [2.75, 3.05) is 13.6 Å². The Hall–Kier alpha value is -0.570. The fourth-order valence-corrected chi connectivity index (χ4v) is 1.55. The average molecular weight is 156 g/mol. The molecule has 3 heteroatoms. The van der Waals surface area contributed by atoms with Crippen molar-refractivity contribution < 1.29 is 4.79 Å². The maximum atomic E-state index is 10.7. The summed E-state index contributed by atoms with van der Waals surface area (Å²) in [7, 11) is 2.09. The lowest BCUT2D eigenvalue weighted by molar-refractivity contribution is -0.119. The maximum absolute atomic E-state index is 10.7. The van der Waals surface area contributed by atoms with Crippen LogP contribution in [0.5, 0.6) is 0 Å². The molecule has 64 valence electrons. The van der Waals surface area contributed by atoms with Gasteiger partial charge in [0.15, 0.2) is 0 Å². The Morgan fingerprint density at radius 3 is 2.64 bits per heavy atom. The molecule has 1 amide bonds. The zero-order valence-electron chi connectivity index (χ0n) is 7.42. The third-order valence-electron chi connectivity index (χ3n) is 2.46.